The van der Waals surface area contributed by atoms with Gasteiger partial charge < -0.3 is 34.8 Å². The first-order valence-electron chi connectivity index (χ1n) is 10.3. The van der Waals surface area contributed by atoms with Crippen LogP contribution in [0.5, 0.6) is 0 Å². The first kappa shape index (κ1) is 41.4. The Kier molecular flexibility index (Phi) is 33.0. The number of aliphatic carboxylic acids is 3. The molecule has 0 aromatic carbocycles. The normalized spacial score (nSPS) is 9.18. The number of hydrogen-bond acceptors (Lipinski definition) is 10. The van der Waals surface area contributed by atoms with Crippen molar-refractivity contribution in [3.05, 3.63) is 0 Å². The topological polar surface area (TPSA) is 195 Å². The van der Waals surface area contributed by atoms with Crippen molar-refractivity contribution >= 4 is 35.3 Å². The van der Waals surface area contributed by atoms with E-state index in [0.717, 1.165) is 0 Å². The van der Waals surface area contributed by atoms with Crippen molar-refractivity contribution in [2.75, 3.05) is 0 Å². The van der Waals surface area contributed by atoms with Gasteiger partial charge in [0.15, 0.2) is 0 Å². The van der Waals surface area contributed by atoms with Crippen LogP contribution in [-0.2, 0) is 50.5 Å². The summed E-state index contributed by atoms with van der Waals surface area (Å²) in [4.78, 5) is 60.6. The van der Waals surface area contributed by atoms with Gasteiger partial charge in [0, 0.05) is 56.4 Å². The van der Waals surface area contributed by atoms with E-state index in [4.69, 9.17) is 0 Å². The Labute approximate surface area is 211 Å². The third-order valence-corrected chi connectivity index (χ3v) is 2.61. The molecule has 0 aliphatic heterocycles. The zero-order chi connectivity index (χ0) is 26.3. The summed E-state index contributed by atoms with van der Waals surface area (Å²) in [5.74, 6) is -4.61. The number of carboxylic acid groups (broad SMARTS) is 3. The van der Waals surface area contributed by atoms with Crippen molar-refractivity contribution in [2.45, 2.75) is 105 Å². The van der Waals surface area contributed by atoms with Gasteiger partial charge in [0.1, 0.15) is 17.3 Å². The Morgan fingerprint density at radius 2 is 0.697 bits per heavy atom. The fraction of sp³-hybridized carbons (Fsp3) is 0.727. The second-order valence-electron chi connectivity index (χ2n) is 7.62. The molecule has 0 rings (SSSR count). The van der Waals surface area contributed by atoms with Gasteiger partial charge in [0.2, 0.25) is 0 Å². The van der Waals surface area contributed by atoms with E-state index in [1.54, 1.807) is 20.8 Å². The molecule has 0 aliphatic rings. The van der Waals surface area contributed by atoms with E-state index < -0.39 is 42.8 Å². The molecule has 0 radical (unpaired) electrons. The summed E-state index contributed by atoms with van der Waals surface area (Å²) < 4.78 is 0. The van der Waals surface area contributed by atoms with E-state index in [-0.39, 0.29) is 39.1 Å². The minimum atomic E-state index is -1.28. The first-order chi connectivity index (χ1) is 14.5. The molecule has 0 unspecified atom stereocenters. The summed E-state index contributed by atoms with van der Waals surface area (Å²) >= 11 is 0. The summed E-state index contributed by atoms with van der Waals surface area (Å²) in [5, 5.41) is 39.4. The zero-order valence-corrected chi connectivity index (χ0v) is 22.0. The third kappa shape index (κ3) is 65.1. The van der Waals surface area contributed by atoms with Crippen molar-refractivity contribution in [2.24, 2.45) is 0 Å². The monoisotopic (exact) mass is 508 g/mol. The Morgan fingerprint density at radius 3 is 0.788 bits per heavy atom. The number of rotatable bonds is 12. The Morgan fingerprint density at radius 1 is 0.545 bits per heavy atom. The van der Waals surface area contributed by atoms with Gasteiger partial charge in [-0.15, -0.1) is 5.60 Å². The molecule has 0 N–H and O–H groups in total. The summed E-state index contributed by atoms with van der Waals surface area (Å²) in [6, 6.07) is 0. The maximum atomic E-state index is 10.4. The van der Waals surface area contributed by atoms with Gasteiger partial charge in [-0.25, -0.2) is 0 Å². The van der Waals surface area contributed by atoms with E-state index in [1.807, 2.05) is 20.8 Å². The molecular formula is C22H36O10Ti. The van der Waals surface area contributed by atoms with Crippen molar-refractivity contribution in [3.63, 3.8) is 0 Å². The molecule has 0 saturated carbocycles. The standard InChI is InChI=1S/3C6H10O3.C4H9O.Ti/c3*1-2-3-5(7)4-6(8)9;1-4(2,3)5;/h3*2-4H2,1H3,(H,8,9);1-3H3;/q;;;-1;+4/p-3. The number of carboxylic acids is 3. The quantitative estimate of drug-likeness (QED) is 0.224. The van der Waals surface area contributed by atoms with Crippen LogP contribution in [0.1, 0.15) is 99.3 Å². The Balaban J connectivity index is -0.000000107. The van der Waals surface area contributed by atoms with Gasteiger partial charge in [0.05, 0.1) is 0 Å². The summed E-state index contributed by atoms with van der Waals surface area (Å²) in [6.45, 7) is 10.4. The molecule has 188 valence electrons. The maximum Gasteiger partial charge on any atom is 4.00 e. The maximum absolute atomic E-state index is 10.4. The molecule has 0 aliphatic carbocycles. The van der Waals surface area contributed by atoms with Crippen LogP contribution in [0.15, 0.2) is 0 Å². The SMILES string of the molecule is CC(C)(C)[O-].CCCC(=O)CC(=O)[O-].CCCC(=O)CC(=O)[O-].CCCC(=O)CC(=O)[O-].[Ti+4]. The average molecular weight is 508 g/mol. The molecule has 0 amide bonds. The van der Waals surface area contributed by atoms with Gasteiger partial charge in [-0.2, -0.15) is 0 Å². The molecule has 0 atom stereocenters. The molecule has 0 aromatic heterocycles. The van der Waals surface area contributed by atoms with Crippen LogP contribution >= 0.6 is 0 Å². The molecule has 0 aromatic rings. The van der Waals surface area contributed by atoms with E-state index >= 15 is 0 Å². The number of hydrogen-bond donors (Lipinski definition) is 0. The van der Waals surface area contributed by atoms with Crippen molar-refractivity contribution in [3.8, 4) is 0 Å². The number of Topliss-reactive ketones (excluding diaryl/α,β-unsaturated/α-hetero) is 3. The predicted molar refractivity (Wildman–Crippen MR) is 108 cm³/mol. The van der Waals surface area contributed by atoms with Crippen LogP contribution in [0.4, 0.5) is 0 Å². The minimum Gasteiger partial charge on any atom is -0.850 e. The largest absolute Gasteiger partial charge is 4.00 e. The molecule has 0 fully saturated rings. The van der Waals surface area contributed by atoms with Crippen LogP contribution in [0.3, 0.4) is 0 Å². The first-order valence-corrected chi connectivity index (χ1v) is 10.3. The summed E-state index contributed by atoms with van der Waals surface area (Å²) in [5.41, 5.74) is -0.750. The van der Waals surface area contributed by atoms with Gasteiger partial charge >= 0.3 is 21.7 Å². The second-order valence-corrected chi connectivity index (χ2v) is 7.62. The van der Waals surface area contributed by atoms with Gasteiger partial charge in [-0.05, 0) is 19.3 Å². The predicted octanol–water partition coefficient (Wildman–Crippen LogP) is -1.37. The Hall–Kier alpha value is -1.91. The molecule has 33 heavy (non-hydrogen) atoms. The second kappa shape index (κ2) is 26.3. The van der Waals surface area contributed by atoms with E-state index in [2.05, 4.69) is 0 Å². The van der Waals surface area contributed by atoms with E-state index in [1.165, 1.54) is 0 Å². The molecule has 11 heteroatoms. The minimum absolute atomic E-state index is 0. The fourth-order valence-electron chi connectivity index (χ4n) is 1.58. The van der Waals surface area contributed by atoms with Crippen molar-refractivity contribution in [1.29, 1.82) is 0 Å². The van der Waals surface area contributed by atoms with Crippen molar-refractivity contribution < 1.29 is 70.9 Å². The van der Waals surface area contributed by atoms with Gasteiger partial charge in [0.25, 0.3) is 0 Å². The van der Waals surface area contributed by atoms with Gasteiger partial charge in [-0.1, -0.05) is 41.5 Å². The van der Waals surface area contributed by atoms with Crippen LogP contribution < -0.4 is 20.4 Å². The van der Waals surface area contributed by atoms with Crippen LogP contribution in [0, 0.1) is 0 Å². The Bertz CT molecular complexity index is 503. The average Bonchev–Trinajstić information content (AvgIpc) is 2.52. The smallest absolute Gasteiger partial charge is 0.850 e. The summed E-state index contributed by atoms with van der Waals surface area (Å²) in [6.07, 6.45) is 1.82. The number of carbonyl (C=O) groups is 6. The molecule has 10 nitrogen and oxygen atoms in total. The van der Waals surface area contributed by atoms with Crippen molar-refractivity contribution in [1.82, 2.24) is 0 Å². The molecule has 0 spiro atoms. The summed E-state index contributed by atoms with van der Waals surface area (Å²) in [7, 11) is 0. The molecule has 0 bridgehead atoms. The molecular weight excluding hydrogens is 472 g/mol. The van der Waals surface area contributed by atoms with Crippen LogP contribution in [0.25, 0.3) is 0 Å². The number of ketones is 3. The number of carbonyl (C=O) groups excluding carboxylic acids is 6. The van der Waals surface area contributed by atoms with Crippen LogP contribution in [-0.4, -0.2) is 40.9 Å². The van der Waals surface area contributed by atoms with E-state index in [0.29, 0.717) is 38.5 Å². The van der Waals surface area contributed by atoms with E-state index in [9.17, 15) is 49.2 Å². The van der Waals surface area contributed by atoms with Gasteiger partial charge in [-0.3, -0.25) is 14.4 Å². The van der Waals surface area contributed by atoms with Crippen LogP contribution in [0.2, 0.25) is 0 Å². The fourth-order valence-corrected chi connectivity index (χ4v) is 1.58. The molecule has 0 saturated heterocycles. The molecule has 0 heterocycles. The zero-order valence-electron chi connectivity index (χ0n) is 20.4. The third-order valence-electron chi connectivity index (χ3n) is 2.61.